The van der Waals surface area contributed by atoms with Crippen LogP contribution >= 0.6 is 0 Å². The highest BCUT2D eigenvalue weighted by atomic mass is 32.2. The summed E-state index contributed by atoms with van der Waals surface area (Å²) in [5.41, 5.74) is 1.25. The Hall–Kier alpha value is -2.39. The quantitative estimate of drug-likeness (QED) is 0.714. The van der Waals surface area contributed by atoms with Gasteiger partial charge >= 0.3 is 0 Å². The standard InChI is InChI=1S/C15H19N3O5S/c1-21-13-5-4-11(14(7-13)22-2)8-16-15-6-12(17-10-18-15)9-24(19,20)23-3/h4-7,10H,8-9H2,1-3H3,(H,16,17,18). The molecule has 0 aliphatic carbocycles. The summed E-state index contributed by atoms with van der Waals surface area (Å²) in [7, 11) is 0.656. The fourth-order valence-electron chi connectivity index (χ4n) is 2.00. The fraction of sp³-hybridized carbons (Fsp3) is 0.333. The van der Waals surface area contributed by atoms with Crippen LogP contribution in [-0.2, 0) is 26.6 Å². The Morgan fingerprint density at radius 2 is 1.88 bits per heavy atom. The zero-order valence-corrected chi connectivity index (χ0v) is 14.5. The van der Waals surface area contributed by atoms with Gasteiger partial charge in [-0.1, -0.05) is 0 Å². The number of benzene rings is 1. The van der Waals surface area contributed by atoms with Crippen LogP contribution in [0.1, 0.15) is 11.3 Å². The molecule has 1 aromatic carbocycles. The van der Waals surface area contributed by atoms with Crippen molar-refractivity contribution in [1.82, 2.24) is 9.97 Å². The van der Waals surface area contributed by atoms with Gasteiger partial charge < -0.3 is 14.8 Å². The van der Waals surface area contributed by atoms with Crippen molar-refractivity contribution < 1.29 is 22.1 Å². The van der Waals surface area contributed by atoms with Crippen LogP contribution < -0.4 is 14.8 Å². The minimum Gasteiger partial charge on any atom is -0.497 e. The SMILES string of the molecule is COc1ccc(CNc2cc(CS(=O)(=O)OC)ncn2)c(OC)c1. The van der Waals surface area contributed by atoms with Crippen LogP contribution in [0.2, 0.25) is 0 Å². The summed E-state index contributed by atoms with van der Waals surface area (Å²) in [5.74, 6) is 1.57. The van der Waals surface area contributed by atoms with Crippen LogP contribution in [0, 0.1) is 0 Å². The maximum absolute atomic E-state index is 11.5. The first kappa shape index (κ1) is 18.0. The minimum atomic E-state index is -3.63. The van der Waals surface area contributed by atoms with Crippen molar-refractivity contribution in [3.63, 3.8) is 0 Å². The maximum atomic E-state index is 11.5. The molecule has 0 atom stereocenters. The van der Waals surface area contributed by atoms with Crippen molar-refractivity contribution in [2.24, 2.45) is 0 Å². The molecular weight excluding hydrogens is 334 g/mol. The lowest BCUT2D eigenvalue weighted by Crippen LogP contribution is -2.09. The monoisotopic (exact) mass is 353 g/mol. The van der Waals surface area contributed by atoms with Gasteiger partial charge in [0.25, 0.3) is 10.1 Å². The second-order valence-electron chi connectivity index (χ2n) is 4.79. The smallest absolute Gasteiger partial charge is 0.272 e. The summed E-state index contributed by atoms with van der Waals surface area (Å²) in [4.78, 5) is 8.01. The molecule has 130 valence electrons. The highest BCUT2D eigenvalue weighted by molar-refractivity contribution is 7.85. The molecule has 0 unspecified atom stereocenters. The van der Waals surface area contributed by atoms with Gasteiger partial charge in [-0.25, -0.2) is 9.97 Å². The van der Waals surface area contributed by atoms with E-state index in [1.54, 1.807) is 26.4 Å². The number of hydrogen-bond donors (Lipinski definition) is 1. The van der Waals surface area contributed by atoms with Gasteiger partial charge in [0.1, 0.15) is 29.4 Å². The van der Waals surface area contributed by atoms with Crippen LogP contribution in [0.5, 0.6) is 11.5 Å². The maximum Gasteiger partial charge on any atom is 0.272 e. The zero-order chi connectivity index (χ0) is 17.6. The number of methoxy groups -OCH3 is 2. The molecule has 0 radical (unpaired) electrons. The third-order valence-electron chi connectivity index (χ3n) is 3.26. The normalized spacial score (nSPS) is 11.1. The first-order valence-electron chi connectivity index (χ1n) is 7.01. The van der Waals surface area contributed by atoms with Crippen molar-refractivity contribution >= 4 is 15.9 Å². The third-order valence-corrected chi connectivity index (χ3v) is 4.41. The fourth-order valence-corrected chi connectivity index (χ4v) is 2.63. The summed E-state index contributed by atoms with van der Waals surface area (Å²) in [5, 5.41) is 3.11. The van der Waals surface area contributed by atoms with Crippen LogP contribution in [0.4, 0.5) is 5.82 Å². The van der Waals surface area contributed by atoms with Gasteiger partial charge in [-0.3, -0.25) is 4.18 Å². The topological polar surface area (TPSA) is 99.6 Å². The molecule has 9 heteroatoms. The van der Waals surface area contributed by atoms with Crippen molar-refractivity contribution in [2.45, 2.75) is 12.3 Å². The van der Waals surface area contributed by atoms with E-state index in [0.717, 1.165) is 12.7 Å². The summed E-state index contributed by atoms with van der Waals surface area (Å²) in [6.07, 6.45) is 1.30. The van der Waals surface area contributed by atoms with E-state index in [0.29, 0.717) is 29.6 Å². The molecule has 0 aliphatic heterocycles. The second-order valence-corrected chi connectivity index (χ2v) is 6.53. The van der Waals surface area contributed by atoms with E-state index in [-0.39, 0.29) is 5.75 Å². The lowest BCUT2D eigenvalue weighted by atomic mass is 10.2. The summed E-state index contributed by atoms with van der Waals surface area (Å²) in [6, 6.07) is 7.05. The predicted octanol–water partition coefficient (Wildman–Crippen LogP) is 1.58. The van der Waals surface area contributed by atoms with Crippen LogP contribution in [0.25, 0.3) is 0 Å². The molecule has 8 nitrogen and oxygen atoms in total. The predicted molar refractivity (Wildman–Crippen MR) is 88.5 cm³/mol. The third kappa shape index (κ3) is 4.80. The van der Waals surface area contributed by atoms with Crippen molar-refractivity contribution in [1.29, 1.82) is 0 Å². The molecule has 0 aliphatic rings. The van der Waals surface area contributed by atoms with Gasteiger partial charge in [0.2, 0.25) is 0 Å². The molecule has 0 saturated carbocycles. The lowest BCUT2D eigenvalue weighted by Gasteiger charge is -2.12. The van der Waals surface area contributed by atoms with E-state index >= 15 is 0 Å². The summed E-state index contributed by atoms with van der Waals surface area (Å²) in [6.45, 7) is 0.445. The van der Waals surface area contributed by atoms with Gasteiger partial charge in [0.15, 0.2) is 0 Å². The van der Waals surface area contributed by atoms with E-state index in [9.17, 15) is 8.42 Å². The van der Waals surface area contributed by atoms with Crippen molar-refractivity contribution in [2.75, 3.05) is 26.6 Å². The average molecular weight is 353 g/mol. The first-order valence-corrected chi connectivity index (χ1v) is 8.59. The Bertz CT molecular complexity index is 795. The van der Waals surface area contributed by atoms with E-state index in [2.05, 4.69) is 19.5 Å². The van der Waals surface area contributed by atoms with E-state index in [4.69, 9.17) is 9.47 Å². The number of ether oxygens (including phenoxy) is 2. The molecule has 0 amide bonds. The van der Waals surface area contributed by atoms with Gasteiger partial charge in [-0.2, -0.15) is 8.42 Å². The molecule has 1 aromatic heterocycles. The minimum absolute atomic E-state index is 0.313. The molecule has 2 aromatic rings. The molecule has 1 N–H and O–H groups in total. The van der Waals surface area contributed by atoms with E-state index < -0.39 is 10.1 Å². The number of anilines is 1. The molecule has 0 saturated heterocycles. The van der Waals surface area contributed by atoms with Crippen LogP contribution in [0.3, 0.4) is 0 Å². The Morgan fingerprint density at radius 3 is 2.54 bits per heavy atom. The Kier molecular flexibility index (Phi) is 5.93. The number of aromatic nitrogens is 2. The zero-order valence-electron chi connectivity index (χ0n) is 13.6. The average Bonchev–Trinajstić information content (AvgIpc) is 2.59. The molecule has 24 heavy (non-hydrogen) atoms. The van der Waals surface area contributed by atoms with Crippen molar-refractivity contribution in [3.8, 4) is 11.5 Å². The van der Waals surface area contributed by atoms with Gasteiger partial charge in [-0.05, 0) is 12.1 Å². The Balaban J connectivity index is 2.10. The number of nitrogens with zero attached hydrogens (tertiary/aromatic N) is 2. The van der Waals surface area contributed by atoms with Crippen LogP contribution in [0.15, 0.2) is 30.6 Å². The molecule has 0 spiro atoms. The molecule has 2 rings (SSSR count). The lowest BCUT2D eigenvalue weighted by molar-refractivity contribution is 0.391. The molecule has 0 bridgehead atoms. The molecule has 1 heterocycles. The second kappa shape index (κ2) is 7.93. The number of nitrogens with one attached hydrogen (secondary N) is 1. The largest absolute Gasteiger partial charge is 0.497 e. The van der Waals surface area contributed by atoms with Gasteiger partial charge in [0, 0.05) is 24.2 Å². The summed E-state index contributed by atoms with van der Waals surface area (Å²) < 4.78 is 37.9. The highest BCUT2D eigenvalue weighted by Gasteiger charge is 2.12. The van der Waals surface area contributed by atoms with E-state index in [1.165, 1.54) is 6.33 Å². The number of hydrogen-bond acceptors (Lipinski definition) is 8. The Labute approximate surface area is 140 Å². The molecule has 0 fully saturated rings. The van der Waals surface area contributed by atoms with Gasteiger partial charge in [0.05, 0.1) is 27.0 Å². The summed E-state index contributed by atoms with van der Waals surface area (Å²) >= 11 is 0. The highest BCUT2D eigenvalue weighted by Crippen LogP contribution is 2.25. The molecular formula is C15H19N3O5S. The Morgan fingerprint density at radius 1 is 1.08 bits per heavy atom. The van der Waals surface area contributed by atoms with E-state index in [1.807, 2.05) is 12.1 Å². The van der Waals surface area contributed by atoms with Crippen LogP contribution in [-0.4, -0.2) is 39.7 Å². The number of rotatable bonds is 8. The van der Waals surface area contributed by atoms with Gasteiger partial charge in [-0.15, -0.1) is 0 Å². The first-order chi connectivity index (χ1) is 11.5. The van der Waals surface area contributed by atoms with Crippen molar-refractivity contribution in [3.05, 3.63) is 41.9 Å².